The first-order chi connectivity index (χ1) is 6.36. The van der Waals surface area contributed by atoms with Gasteiger partial charge in [-0.05, 0) is 13.8 Å². The molecule has 0 saturated heterocycles. The van der Waals surface area contributed by atoms with Crippen LogP contribution in [0.3, 0.4) is 0 Å². The van der Waals surface area contributed by atoms with Gasteiger partial charge in [0.15, 0.2) is 0 Å². The van der Waals surface area contributed by atoms with Crippen molar-refractivity contribution < 1.29 is 29.3 Å². The third-order valence-corrected chi connectivity index (χ3v) is 1.37. The first-order valence-electron chi connectivity index (χ1n) is 3.84. The van der Waals surface area contributed by atoms with Gasteiger partial charge in [-0.3, -0.25) is 0 Å². The maximum atomic E-state index is 9.69. The van der Waals surface area contributed by atoms with Crippen LogP contribution in [-0.2, 0) is 19.1 Å². The second-order valence-corrected chi connectivity index (χ2v) is 2.39. The molecule has 0 unspecified atom stereocenters. The Bertz CT molecular complexity index is 164. The molecule has 0 aliphatic carbocycles. The van der Waals surface area contributed by atoms with Crippen LogP contribution in [0.4, 0.5) is 0 Å². The monoisotopic (exact) mass is 344 g/mol. The Labute approximate surface area is 129 Å². The predicted octanol–water partition coefficient (Wildman–Crippen LogP) is -2.84. The van der Waals surface area contributed by atoms with E-state index in [2.05, 4.69) is 9.47 Å². The third kappa shape index (κ3) is 14.4. The minimum Gasteiger partial charge on any atom is -0.547 e. The van der Waals surface area contributed by atoms with E-state index in [1.807, 2.05) is 0 Å². The fourth-order valence-electron chi connectivity index (χ4n) is 0.192. The van der Waals surface area contributed by atoms with Crippen LogP contribution in [-0.4, -0.2) is 87.2 Å². The summed E-state index contributed by atoms with van der Waals surface area (Å²) >= 11 is 0. The zero-order valence-corrected chi connectivity index (χ0v) is 13.8. The Hall–Kier alpha value is 0.431. The predicted molar refractivity (Wildman–Crippen MR) is 48.7 cm³/mol. The summed E-state index contributed by atoms with van der Waals surface area (Å²) in [7, 11) is 2.64. The average molecular weight is 344 g/mol. The van der Waals surface area contributed by atoms with Crippen LogP contribution < -0.4 is 10.2 Å². The van der Waals surface area contributed by atoms with Gasteiger partial charge < -0.3 is 29.3 Å². The van der Waals surface area contributed by atoms with Gasteiger partial charge >= 0.3 is 48.9 Å². The molecule has 0 fully saturated rings. The molecule has 0 saturated carbocycles. The number of aliphatic carboxylic acids is 2. The Kier molecular flexibility index (Phi) is 17.3. The van der Waals surface area contributed by atoms with Gasteiger partial charge in [0.1, 0.15) is 0 Å². The number of carbonyl (C=O) groups is 2. The van der Waals surface area contributed by atoms with Crippen LogP contribution in [0.1, 0.15) is 13.8 Å². The molecule has 0 aromatic carbocycles. The Morgan fingerprint density at radius 1 is 0.933 bits per heavy atom. The van der Waals surface area contributed by atoms with Crippen LogP contribution in [0.15, 0.2) is 0 Å². The van der Waals surface area contributed by atoms with Crippen LogP contribution in [0.2, 0.25) is 0 Å². The van der Waals surface area contributed by atoms with E-state index in [0.717, 1.165) is 0 Å². The number of carbonyl (C=O) groups excluding carboxylic acids is 2. The van der Waals surface area contributed by atoms with Crippen molar-refractivity contribution in [3.8, 4) is 0 Å². The minimum absolute atomic E-state index is 0. The minimum atomic E-state index is -1.18. The molecule has 6 nitrogen and oxygen atoms in total. The van der Waals surface area contributed by atoms with Crippen LogP contribution in [0.25, 0.3) is 0 Å². The molecule has 84 valence electrons. The van der Waals surface area contributed by atoms with E-state index < -0.39 is 24.1 Å². The zero-order chi connectivity index (χ0) is 11.7. The quantitative estimate of drug-likeness (QED) is 0.510. The Balaban J connectivity index is -0.000000180. The molecular weight excluding hydrogens is 329 g/mol. The van der Waals surface area contributed by atoms with Gasteiger partial charge in [-0.25, -0.2) is 0 Å². The second-order valence-electron chi connectivity index (χ2n) is 2.39. The second kappa shape index (κ2) is 12.5. The van der Waals surface area contributed by atoms with Crippen molar-refractivity contribution in [2.45, 2.75) is 26.1 Å². The molecule has 0 aliphatic rings. The summed E-state index contributed by atoms with van der Waals surface area (Å²) in [4.78, 5) is 19.4. The van der Waals surface area contributed by atoms with E-state index in [1.165, 1.54) is 28.1 Å². The summed E-state index contributed by atoms with van der Waals surface area (Å²) in [5.41, 5.74) is 0. The summed E-state index contributed by atoms with van der Waals surface area (Å²) in [5.74, 6) is -2.36. The van der Waals surface area contributed by atoms with E-state index in [4.69, 9.17) is 0 Å². The van der Waals surface area contributed by atoms with Crippen LogP contribution in [0.5, 0.6) is 0 Å². The van der Waals surface area contributed by atoms with Gasteiger partial charge in [-0.1, -0.05) is 0 Å². The fourth-order valence-corrected chi connectivity index (χ4v) is 0.192. The first kappa shape index (κ1) is 20.8. The smallest absolute Gasteiger partial charge is 0.547 e. The molecule has 0 aromatic rings. The number of rotatable bonds is 4. The number of hydrogen-bond donors (Lipinski definition) is 0. The van der Waals surface area contributed by atoms with Gasteiger partial charge in [0.2, 0.25) is 0 Å². The van der Waals surface area contributed by atoms with Crippen molar-refractivity contribution in [1.29, 1.82) is 0 Å². The van der Waals surface area contributed by atoms with E-state index in [9.17, 15) is 19.8 Å². The van der Waals surface area contributed by atoms with E-state index in [-0.39, 0.29) is 48.9 Å². The molecule has 0 rings (SSSR count). The van der Waals surface area contributed by atoms with Gasteiger partial charge in [-0.2, -0.15) is 0 Å². The first-order valence-corrected chi connectivity index (χ1v) is 3.84. The fraction of sp³-hybridized carbons (Fsp3) is 0.750. The summed E-state index contributed by atoms with van der Waals surface area (Å²) in [6.45, 7) is 2.82. The molecule has 0 heterocycles. The van der Waals surface area contributed by atoms with Crippen molar-refractivity contribution >= 4 is 60.8 Å². The van der Waals surface area contributed by atoms with E-state index in [0.29, 0.717) is 0 Å². The van der Waals surface area contributed by atoms with Gasteiger partial charge in [0.25, 0.3) is 0 Å². The number of hydrogen-bond acceptors (Lipinski definition) is 6. The summed E-state index contributed by atoms with van der Waals surface area (Å²) in [6.07, 6.45) is -1.58. The van der Waals surface area contributed by atoms with Crippen LogP contribution >= 0.6 is 0 Å². The van der Waals surface area contributed by atoms with Crippen molar-refractivity contribution in [3.63, 3.8) is 0 Å². The molecule has 0 spiro atoms. The molecule has 0 N–H and O–H groups in total. The molecule has 2 atom stereocenters. The molecule has 0 aliphatic heterocycles. The number of methoxy groups -OCH3 is 2. The molecule has 0 radical (unpaired) electrons. The SMILES string of the molecule is CO[C@@H](C)C(=O)[O-].CO[C@@H](C)C(=O)[O-].[Ba+2]. The topological polar surface area (TPSA) is 98.7 Å². The Morgan fingerprint density at radius 2 is 1.13 bits per heavy atom. The maximum Gasteiger partial charge on any atom is 2.00 e. The summed E-state index contributed by atoms with van der Waals surface area (Å²) in [6, 6.07) is 0. The van der Waals surface area contributed by atoms with Gasteiger partial charge in [-0.15, -0.1) is 0 Å². The molecule has 15 heavy (non-hydrogen) atoms. The van der Waals surface area contributed by atoms with Crippen molar-refractivity contribution in [2.75, 3.05) is 14.2 Å². The largest absolute Gasteiger partial charge is 2.00 e. The summed E-state index contributed by atoms with van der Waals surface area (Å²) < 4.78 is 8.70. The zero-order valence-electron chi connectivity index (χ0n) is 9.31. The van der Waals surface area contributed by atoms with Crippen molar-refractivity contribution in [2.24, 2.45) is 0 Å². The third-order valence-electron chi connectivity index (χ3n) is 1.37. The van der Waals surface area contributed by atoms with Crippen molar-refractivity contribution in [3.05, 3.63) is 0 Å². The molecular formula is C8H14BaO6. The average Bonchev–Trinajstić information content (AvgIpc) is 2.15. The van der Waals surface area contributed by atoms with E-state index >= 15 is 0 Å². The molecule has 0 amide bonds. The van der Waals surface area contributed by atoms with Crippen LogP contribution in [0, 0.1) is 0 Å². The summed E-state index contributed by atoms with van der Waals surface area (Å²) in [5, 5.41) is 19.4. The standard InChI is InChI=1S/2C4H8O3.Ba/c2*1-3(7-2)4(5)6;/h2*3H,1-2H3,(H,5,6);/q;;+2/p-2/t2*3-;/m00./s1. The normalized spacial score (nSPS) is 12.5. The molecule has 7 heteroatoms. The number of carboxylic acid groups (broad SMARTS) is 2. The number of carboxylic acids is 2. The van der Waals surface area contributed by atoms with Gasteiger partial charge in [0.05, 0.1) is 24.1 Å². The van der Waals surface area contributed by atoms with Gasteiger partial charge in [0, 0.05) is 14.2 Å². The van der Waals surface area contributed by atoms with E-state index in [1.54, 1.807) is 0 Å². The molecule has 0 bridgehead atoms. The maximum absolute atomic E-state index is 9.69. The molecule has 0 aromatic heterocycles. The van der Waals surface area contributed by atoms with Crippen molar-refractivity contribution in [1.82, 2.24) is 0 Å². The Morgan fingerprint density at radius 3 is 1.13 bits per heavy atom. The number of ether oxygens (including phenoxy) is 2.